The monoisotopic (exact) mass is 796 g/mol. The van der Waals surface area contributed by atoms with Crippen molar-refractivity contribution in [2.75, 3.05) is 6.61 Å². The van der Waals surface area contributed by atoms with Crippen LogP contribution in [0.15, 0.2) is 11.6 Å². The molecule has 1 saturated heterocycles. The van der Waals surface area contributed by atoms with Crippen molar-refractivity contribution in [3.8, 4) is 0 Å². The van der Waals surface area contributed by atoms with Crippen LogP contribution in [0.2, 0.25) is 0 Å². The van der Waals surface area contributed by atoms with Crippen LogP contribution in [-0.2, 0) is 14.1 Å². The molecule has 0 aromatic carbocycles. The van der Waals surface area contributed by atoms with Crippen LogP contribution in [0, 0.1) is 28.6 Å². The molecule has 0 aromatic rings. The van der Waals surface area contributed by atoms with Crippen LogP contribution in [0.3, 0.4) is 0 Å². The highest BCUT2D eigenvalue weighted by atomic mass is 33.2. The molecule has 3 rings (SSSR count). The number of fused-ring (bicyclic) bond motifs is 1. The number of aliphatic hydroxyl groups is 2. The Morgan fingerprint density at radius 2 is 1.68 bits per heavy atom. The number of ketones is 1. The molecule has 1 aliphatic heterocycles. The van der Waals surface area contributed by atoms with E-state index in [0.29, 0.717) is 12.8 Å². The van der Waals surface area contributed by atoms with Gasteiger partial charge in [-0.2, -0.15) is 0 Å². The zero-order chi connectivity index (χ0) is 30.5. The molecule has 0 radical (unpaired) electrons. The summed E-state index contributed by atoms with van der Waals surface area (Å²) in [5, 5.41) is 23.4. The van der Waals surface area contributed by atoms with E-state index in [1.165, 1.54) is 5.57 Å². The van der Waals surface area contributed by atoms with Crippen molar-refractivity contribution in [3.63, 3.8) is 0 Å². The van der Waals surface area contributed by atoms with Gasteiger partial charge in [0.15, 0.2) is 0 Å². The van der Waals surface area contributed by atoms with Crippen LogP contribution < -0.4 is 0 Å². The average molecular weight is 796 g/mol. The highest BCUT2D eigenvalue weighted by Gasteiger charge is 2.68. The summed E-state index contributed by atoms with van der Waals surface area (Å²) >= 11 is 0. The molecular formula is C22H49O5P13. The average Bonchev–Trinajstić information content (AvgIpc) is 2.84. The maximum atomic E-state index is 13.5. The largest absolute Gasteiger partial charge is 0.392 e. The SMILES string of the molecule is CCC(=O)C1(C)C(O)CC2OCC2(O)C1C(C)C1CC(OP(P(P)P(P)P)P(P(P)P)P(P)P)C(C)=CC1(C)C. The van der Waals surface area contributed by atoms with Crippen molar-refractivity contribution in [1.82, 2.24) is 0 Å². The second kappa shape index (κ2) is 15.6. The maximum absolute atomic E-state index is 13.5. The van der Waals surface area contributed by atoms with Crippen molar-refractivity contribution in [2.24, 2.45) is 28.6 Å². The molecule has 5 nitrogen and oxygen atoms in total. The van der Waals surface area contributed by atoms with Gasteiger partial charge >= 0.3 is 0 Å². The predicted octanol–water partition coefficient (Wildman–Crippen LogP) is 10.4. The summed E-state index contributed by atoms with van der Waals surface area (Å²) in [6, 6.07) is 0. The van der Waals surface area contributed by atoms with E-state index in [-0.39, 0.29) is 70.7 Å². The Hall–Kier alpha value is 4.84. The summed E-state index contributed by atoms with van der Waals surface area (Å²) in [4.78, 5) is 13.5. The molecule has 2 N–H and O–H groups in total. The first-order valence-corrected chi connectivity index (χ1v) is 36.1. The van der Waals surface area contributed by atoms with Gasteiger partial charge in [0.2, 0.25) is 0 Å². The number of carbonyl (C=O) groups is 1. The molecule has 17 atom stereocenters. The minimum Gasteiger partial charge on any atom is -0.392 e. The lowest BCUT2D eigenvalue weighted by atomic mass is 9.47. The Labute approximate surface area is 265 Å². The van der Waals surface area contributed by atoms with Gasteiger partial charge in [-0.3, -0.25) is 4.79 Å². The predicted molar refractivity (Wildman–Crippen MR) is 211 cm³/mol. The fourth-order valence-electron chi connectivity index (χ4n) is 7.28. The second-order valence-electron chi connectivity index (χ2n) is 12.1. The van der Waals surface area contributed by atoms with E-state index in [1.54, 1.807) is 0 Å². The van der Waals surface area contributed by atoms with Crippen LogP contribution in [0.4, 0.5) is 0 Å². The molecule has 17 unspecified atom stereocenters. The van der Waals surface area contributed by atoms with E-state index in [1.807, 2.05) is 13.8 Å². The lowest BCUT2D eigenvalue weighted by Crippen LogP contribution is -2.75. The van der Waals surface area contributed by atoms with Crippen LogP contribution in [0.5, 0.6) is 0 Å². The standard InChI is InChI=1S/C22H49O5P13/c1-7-16(23)21(6)17(24)9-18-22(25,11-26-18)19(21)13(3)14-8-15(12(2)10-20(14,4)5)27-35(39(34)36(28)29)40(37(30)31)38(32)33/h10,13-15,17-19,24-25H,7-9,11,28-34H2,1-6H3. The normalized spacial score (nSPS) is 38.2. The molecule has 0 aromatic heterocycles. The molecule has 232 valence electrons. The van der Waals surface area contributed by atoms with Crippen molar-refractivity contribution in [1.29, 1.82) is 0 Å². The number of ether oxygens (including phenoxy) is 1. The summed E-state index contributed by atoms with van der Waals surface area (Å²) in [6.07, 6.45) is 2.64. The van der Waals surface area contributed by atoms with Gasteiger partial charge in [-0.05, 0) is 64.1 Å². The maximum Gasteiger partial charge on any atom is 0.141 e. The summed E-state index contributed by atoms with van der Waals surface area (Å²) < 4.78 is 13.1. The molecule has 40 heavy (non-hydrogen) atoms. The quantitative estimate of drug-likeness (QED) is 0.161. The van der Waals surface area contributed by atoms with E-state index in [2.05, 4.69) is 96.3 Å². The van der Waals surface area contributed by atoms with E-state index in [9.17, 15) is 15.0 Å². The molecule has 2 aliphatic carbocycles. The van der Waals surface area contributed by atoms with Crippen molar-refractivity contribution < 1.29 is 24.3 Å². The highest BCUT2D eigenvalue weighted by molar-refractivity contribution is 9.19. The summed E-state index contributed by atoms with van der Waals surface area (Å²) in [6.45, 7) is 11.5. The van der Waals surface area contributed by atoms with Crippen LogP contribution >= 0.6 is 105 Å². The Kier molecular flexibility index (Phi) is 15.3. The van der Waals surface area contributed by atoms with E-state index >= 15 is 0 Å². The molecular weight excluding hydrogens is 747 g/mol. The minimum atomic E-state index is -1.10. The van der Waals surface area contributed by atoms with Crippen LogP contribution in [-0.4, -0.2) is 46.5 Å². The van der Waals surface area contributed by atoms with Crippen LogP contribution in [0.25, 0.3) is 0 Å². The number of hydrogen-bond donors (Lipinski definition) is 2. The summed E-state index contributed by atoms with van der Waals surface area (Å²) in [7, 11) is 21.0. The van der Waals surface area contributed by atoms with Crippen LogP contribution in [0.1, 0.15) is 60.8 Å². The Morgan fingerprint density at radius 3 is 2.12 bits per heavy atom. The first kappa shape index (κ1) is 39.3. The summed E-state index contributed by atoms with van der Waals surface area (Å²) in [5.74, 6) is -0.219. The molecule has 18 heteroatoms. The fraction of sp³-hybridized carbons (Fsp3) is 0.864. The Balaban J connectivity index is 2.02. The van der Waals surface area contributed by atoms with E-state index < -0.39 is 36.7 Å². The zero-order valence-electron chi connectivity index (χ0n) is 24.2. The molecule has 2 fully saturated rings. The van der Waals surface area contributed by atoms with Crippen molar-refractivity contribution >= 4 is 111 Å². The van der Waals surface area contributed by atoms with Crippen molar-refractivity contribution in [3.05, 3.63) is 11.6 Å². The number of carbonyl (C=O) groups excluding carboxylic acids is 1. The van der Waals surface area contributed by atoms with Gasteiger partial charge in [-0.25, -0.2) is 0 Å². The van der Waals surface area contributed by atoms with Gasteiger partial charge in [0, 0.05) is 32.7 Å². The lowest BCUT2D eigenvalue weighted by Gasteiger charge is -2.63. The number of aliphatic hydroxyl groups excluding tert-OH is 1. The third-order valence-electron chi connectivity index (χ3n) is 9.20. The molecule has 1 heterocycles. The molecule has 3 aliphatic rings. The number of allylic oxidation sites excluding steroid dienone is 1. The smallest absolute Gasteiger partial charge is 0.141 e. The van der Waals surface area contributed by atoms with Gasteiger partial charge in [0.1, 0.15) is 11.4 Å². The Bertz CT molecular complexity index is 946. The first-order valence-electron chi connectivity index (χ1n) is 13.3. The van der Waals surface area contributed by atoms with Gasteiger partial charge in [0.25, 0.3) is 0 Å². The summed E-state index contributed by atoms with van der Waals surface area (Å²) in [5.41, 5.74) is -0.977. The molecule has 0 bridgehead atoms. The molecule has 0 amide bonds. The van der Waals surface area contributed by atoms with Gasteiger partial charge < -0.3 is 19.5 Å². The first-order chi connectivity index (χ1) is 18.3. The third-order valence-corrected chi connectivity index (χ3v) is 80.0. The molecule has 0 spiro atoms. The minimum absolute atomic E-state index is 0.00622. The highest BCUT2D eigenvalue weighted by Crippen LogP contribution is 3.17. The van der Waals surface area contributed by atoms with E-state index in [4.69, 9.17) is 9.26 Å². The van der Waals surface area contributed by atoms with E-state index in [0.717, 1.165) is 6.42 Å². The van der Waals surface area contributed by atoms with Gasteiger partial charge in [0.05, 0.1) is 37.9 Å². The Morgan fingerprint density at radius 1 is 1.10 bits per heavy atom. The van der Waals surface area contributed by atoms with Gasteiger partial charge in [-0.15, -0.1) is 53.6 Å². The lowest BCUT2D eigenvalue weighted by molar-refractivity contribution is -0.324. The molecule has 1 saturated carbocycles. The second-order valence-corrected chi connectivity index (χ2v) is 60.9. The number of hydrogen-bond acceptors (Lipinski definition) is 5. The number of Topliss-reactive ketones (excluding diaryl/α,β-unsaturated/α-hetero) is 1. The third kappa shape index (κ3) is 7.83. The zero-order valence-corrected chi connectivity index (χ0v) is 37.7. The van der Waals surface area contributed by atoms with Gasteiger partial charge in [-0.1, -0.05) is 42.7 Å². The number of rotatable bonds is 11. The topological polar surface area (TPSA) is 76.0 Å². The van der Waals surface area contributed by atoms with Crippen molar-refractivity contribution in [2.45, 2.75) is 84.7 Å². The fourth-order valence-corrected chi connectivity index (χ4v) is 103.